The number of benzene rings is 2. The van der Waals surface area contributed by atoms with Crippen LogP contribution < -0.4 is 5.56 Å². The molecule has 8 heteroatoms. The Bertz CT molecular complexity index is 1040. The third-order valence-electron chi connectivity index (χ3n) is 4.20. The predicted octanol–water partition coefficient (Wildman–Crippen LogP) is 3.07. The van der Waals surface area contributed by atoms with E-state index in [0.29, 0.717) is 10.8 Å². The molecule has 0 atom stereocenters. The summed E-state index contributed by atoms with van der Waals surface area (Å²) in [7, 11) is 1.39. The van der Waals surface area contributed by atoms with Crippen LogP contribution in [0.25, 0.3) is 10.8 Å². The van der Waals surface area contributed by atoms with Crippen molar-refractivity contribution in [2.45, 2.75) is 19.3 Å². The zero-order valence-corrected chi connectivity index (χ0v) is 14.4. The Morgan fingerprint density at radius 1 is 1.11 bits per heavy atom. The summed E-state index contributed by atoms with van der Waals surface area (Å²) in [5.74, 6) is -0.517. The van der Waals surface area contributed by atoms with Crippen LogP contribution in [0.1, 0.15) is 11.1 Å². The quantitative estimate of drug-likeness (QED) is 0.704. The molecule has 0 saturated heterocycles. The molecule has 0 aliphatic carbocycles. The number of alkyl halides is 3. The van der Waals surface area contributed by atoms with E-state index in [-0.39, 0.29) is 18.7 Å². The molecule has 3 aromatic rings. The van der Waals surface area contributed by atoms with Gasteiger partial charge >= 0.3 is 6.18 Å². The molecule has 27 heavy (non-hydrogen) atoms. The lowest BCUT2D eigenvalue weighted by atomic mass is 10.1. The summed E-state index contributed by atoms with van der Waals surface area (Å²) in [6, 6.07) is 11.9. The van der Waals surface area contributed by atoms with Crippen molar-refractivity contribution in [3.05, 3.63) is 76.2 Å². The monoisotopic (exact) mass is 375 g/mol. The Balaban J connectivity index is 1.80. The summed E-state index contributed by atoms with van der Waals surface area (Å²) >= 11 is 0. The first-order valence-corrected chi connectivity index (χ1v) is 8.11. The lowest BCUT2D eigenvalue weighted by Gasteiger charge is -2.20. The van der Waals surface area contributed by atoms with Gasteiger partial charge in [0.1, 0.15) is 6.54 Å². The second kappa shape index (κ2) is 7.22. The molecule has 0 N–H and O–H groups in total. The van der Waals surface area contributed by atoms with Gasteiger partial charge in [-0.05, 0) is 17.7 Å². The largest absolute Gasteiger partial charge is 0.416 e. The van der Waals surface area contributed by atoms with Crippen LogP contribution in [0.4, 0.5) is 13.2 Å². The Morgan fingerprint density at radius 2 is 1.78 bits per heavy atom. The van der Waals surface area contributed by atoms with Gasteiger partial charge in [-0.25, -0.2) is 4.68 Å². The lowest BCUT2D eigenvalue weighted by Crippen LogP contribution is -2.35. The maximum absolute atomic E-state index is 13.1. The molecule has 140 valence electrons. The summed E-state index contributed by atoms with van der Waals surface area (Å²) in [6.07, 6.45) is -3.03. The first-order chi connectivity index (χ1) is 12.8. The van der Waals surface area contributed by atoms with Crippen LogP contribution in [0.5, 0.6) is 0 Å². The molecule has 1 amide bonds. The molecular formula is C19H16F3N3O2. The Kier molecular flexibility index (Phi) is 4.98. The summed E-state index contributed by atoms with van der Waals surface area (Å²) in [6.45, 7) is -0.578. The fraction of sp³-hybridized carbons (Fsp3) is 0.211. The minimum absolute atomic E-state index is 0.0142. The van der Waals surface area contributed by atoms with Crippen molar-refractivity contribution >= 4 is 16.7 Å². The highest BCUT2D eigenvalue weighted by Gasteiger charge is 2.33. The number of amides is 1. The number of nitrogens with zero attached hydrogens (tertiary/aromatic N) is 3. The van der Waals surface area contributed by atoms with E-state index in [1.807, 2.05) is 0 Å². The topological polar surface area (TPSA) is 55.2 Å². The summed E-state index contributed by atoms with van der Waals surface area (Å²) < 4.78 is 40.3. The first-order valence-electron chi connectivity index (χ1n) is 8.11. The normalized spacial score (nSPS) is 11.6. The molecule has 0 spiro atoms. The maximum atomic E-state index is 13.1. The van der Waals surface area contributed by atoms with E-state index < -0.39 is 23.2 Å². The predicted molar refractivity (Wildman–Crippen MR) is 93.9 cm³/mol. The summed E-state index contributed by atoms with van der Waals surface area (Å²) in [5, 5.41) is 5.04. The molecule has 0 bridgehead atoms. The number of halogens is 3. The van der Waals surface area contributed by atoms with E-state index in [4.69, 9.17) is 0 Å². The number of aromatic nitrogens is 2. The van der Waals surface area contributed by atoms with E-state index >= 15 is 0 Å². The summed E-state index contributed by atoms with van der Waals surface area (Å²) in [4.78, 5) is 26.0. The van der Waals surface area contributed by atoms with Gasteiger partial charge in [0.25, 0.3) is 5.56 Å². The smallest absolute Gasteiger partial charge is 0.340 e. The molecule has 5 nitrogen and oxygen atoms in total. The number of carbonyl (C=O) groups is 1. The minimum atomic E-state index is -4.50. The average Bonchev–Trinajstić information content (AvgIpc) is 2.63. The lowest BCUT2D eigenvalue weighted by molar-refractivity contribution is -0.139. The third-order valence-corrected chi connectivity index (χ3v) is 4.20. The van der Waals surface area contributed by atoms with Gasteiger partial charge in [0.05, 0.1) is 17.1 Å². The highest BCUT2D eigenvalue weighted by atomic mass is 19.4. The van der Waals surface area contributed by atoms with Crippen molar-refractivity contribution in [3.8, 4) is 0 Å². The van der Waals surface area contributed by atoms with Crippen LogP contribution in [0.2, 0.25) is 0 Å². The Labute approximate surface area is 152 Å². The van der Waals surface area contributed by atoms with Crippen molar-refractivity contribution in [1.82, 2.24) is 14.7 Å². The van der Waals surface area contributed by atoms with E-state index in [9.17, 15) is 22.8 Å². The van der Waals surface area contributed by atoms with Gasteiger partial charge in [0, 0.05) is 19.0 Å². The fourth-order valence-corrected chi connectivity index (χ4v) is 2.77. The van der Waals surface area contributed by atoms with Crippen molar-refractivity contribution in [3.63, 3.8) is 0 Å². The molecule has 0 saturated carbocycles. The SMILES string of the molecule is CN(Cc1ccccc1C(F)(F)F)C(=O)Cn1ncc2ccccc2c1=O. The summed E-state index contributed by atoms with van der Waals surface area (Å²) in [5.41, 5.74) is -1.23. The van der Waals surface area contributed by atoms with Crippen LogP contribution in [-0.2, 0) is 24.1 Å². The molecule has 2 aromatic carbocycles. The van der Waals surface area contributed by atoms with Crippen molar-refractivity contribution in [2.24, 2.45) is 0 Å². The van der Waals surface area contributed by atoms with Gasteiger partial charge in [-0.3, -0.25) is 9.59 Å². The zero-order chi connectivity index (χ0) is 19.6. The third kappa shape index (κ3) is 3.99. The first kappa shape index (κ1) is 18.6. The number of fused-ring (bicyclic) bond motifs is 1. The molecule has 0 radical (unpaired) electrons. The fourth-order valence-electron chi connectivity index (χ4n) is 2.77. The Morgan fingerprint density at radius 3 is 2.52 bits per heavy atom. The number of hydrogen-bond donors (Lipinski definition) is 0. The van der Waals surface area contributed by atoms with Crippen molar-refractivity contribution in [2.75, 3.05) is 7.05 Å². The highest BCUT2D eigenvalue weighted by molar-refractivity contribution is 5.81. The molecule has 0 aliphatic heterocycles. The van der Waals surface area contributed by atoms with E-state index in [0.717, 1.165) is 15.6 Å². The second-order valence-corrected chi connectivity index (χ2v) is 6.10. The van der Waals surface area contributed by atoms with Gasteiger partial charge in [-0.1, -0.05) is 36.4 Å². The average molecular weight is 375 g/mol. The van der Waals surface area contributed by atoms with Crippen LogP contribution in [0, 0.1) is 0 Å². The highest BCUT2D eigenvalue weighted by Crippen LogP contribution is 2.32. The van der Waals surface area contributed by atoms with E-state index in [1.54, 1.807) is 24.3 Å². The van der Waals surface area contributed by atoms with Gasteiger partial charge < -0.3 is 4.90 Å². The molecular weight excluding hydrogens is 359 g/mol. The van der Waals surface area contributed by atoms with Crippen molar-refractivity contribution in [1.29, 1.82) is 0 Å². The van der Waals surface area contributed by atoms with E-state index in [2.05, 4.69) is 5.10 Å². The molecule has 0 aliphatic rings. The molecule has 0 fully saturated rings. The number of hydrogen-bond acceptors (Lipinski definition) is 3. The molecule has 0 unspecified atom stereocenters. The Hall–Kier alpha value is -3.16. The molecule has 1 heterocycles. The number of likely N-dealkylation sites (N-methyl/N-ethyl adjacent to an activating group) is 1. The molecule has 3 rings (SSSR count). The van der Waals surface area contributed by atoms with Crippen LogP contribution in [-0.4, -0.2) is 27.6 Å². The van der Waals surface area contributed by atoms with Gasteiger partial charge in [0.2, 0.25) is 5.91 Å². The van der Waals surface area contributed by atoms with Crippen molar-refractivity contribution < 1.29 is 18.0 Å². The van der Waals surface area contributed by atoms with Crippen LogP contribution in [0.3, 0.4) is 0 Å². The number of rotatable bonds is 4. The van der Waals surface area contributed by atoms with Gasteiger partial charge in [-0.15, -0.1) is 0 Å². The second-order valence-electron chi connectivity index (χ2n) is 6.10. The molecule has 1 aromatic heterocycles. The maximum Gasteiger partial charge on any atom is 0.416 e. The van der Waals surface area contributed by atoms with Gasteiger partial charge in [0.15, 0.2) is 0 Å². The van der Waals surface area contributed by atoms with E-state index in [1.165, 1.54) is 31.4 Å². The minimum Gasteiger partial charge on any atom is -0.340 e. The van der Waals surface area contributed by atoms with Crippen LogP contribution >= 0.6 is 0 Å². The van der Waals surface area contributed by atoms with Crippen LogP contribution in [0.15, 0.2) is 59.5 Å². The number of carbonyl (C=O) groups excluding carboxylic acids is 1. The van der Waals surface area contributed by atoms with Gasteiger partial charge in [-0.2, -0.15) is 18.3 Å². The zero-order valence-electron chi connectivity index (χ0n) is 14.4. The standard InChI is InChI=1S/C19H16F3N3O2/c1-24(11-14-7-3-5-9-16(14)19(20,21)22)17(26)12-25-18(27)15-8-4-2-6-13(15)10-23-25/h2-10H,11-12H2,1H3.